The van der Waals surface area contributed by atoms with Crippen molar-refractivity contribution in [3.8, 4) is 0 Å². The Labute approximate surface area is 208 Å². The molecule has 1 atom stereocenters. The summed E-state index contributed by atoms with van der Waals surface area (Å²) in [7, 11) is 0. The first-order valence-electron chi connectivity index (χ1n) is 14.0. The maximum atomic E-state index is 12.4. The molecule has 0 aliphatic carbocycles. The van der Waals surface area contributed by atoms with Gasteiger partial charge in [0.15, 0.2) is 0 Å². The third-order valence-corrected chi connectivity index (χ3v) is 7.23. The van der Waals surface area contributed by atoms with Crippen LogP contribution in [0, 0.1) is 0 Å². The molecule has 2 N–H and O–H groups in total. The molecule has 2 rings (SSSR count). The molecule has 0 bridgehead atoms. The first-order valence-corrected chi connectivity index (χ1v) is 14.0. The van der Waals surface area contributed by atoms with Crippen molar-refractivity contribution in [3.63, 3.8) is 0 Å². The molecule has 6 nitrogen and oxygen atoms in total. The maximum absolute atomic E-state index is 12.4. The van der Waals surface area contributed by atoms with Crippen molar-refractivity contribution >= 4 is 11.7 Å². The second-order valence-corrected chi connectivity index (χ2v) is 9.91. The van der Waals surface area contributed by atoms with E-state index in [9.17, 15) is 4.79 Å². The van der Waals surface area contributed by atoms with E-state index < -0.39 is 0 Å². The zero-order valence-electron chi connectivity index (χ0n) is 21.9. The van der Waals surface area contributed by atoms with Crippen molar-refractivity contribution < 1.29 is 9.90 Å². The molecular weight excluding hydrogens is 424 g/mol. The van der Waals surface area contributed by atoms with Crippen LogP contribution in [0.3, 0.4) is 0 Å². The minimum absolute atomic E-state index is 0.0142. The van der Waals surface area contributed by atoms with Crippen molar-refractivity contribution in [1.82, 2.24) is 15.2 Å². The average Bonchev–Trinajstić information content (AvgIpc) is 2.88. The molecule has 1 aliphatic rings. The third-order valence-electron chi connectivity index (χ3n) is 7.23. The predicted molar refractivity (Wildman–Crippen MR) is 143 cm³/mol. The van der Waals surface area contributed by atoms with E-state index in [-0.39, 0.29) is 5.91 Å². The van der Waals surface area contributed by atoms with Crippen molar-refractivity contribution in [2.75, 3.05) is 44.2 Å². The number of hydrogen-bond donors (Lipinski definition) is 2. The molecule has 1 saturated heterocycles. The first-order chi connectivity index (χ1) is 16.7. The van der Waals surface area contributed by atoms with Crippen LogP contribution < -0.4 is 10.2 Å². The van der Waals surface area contributed by atoms with Crippen molar-refractivity contribution in [2.45, 2.75) is 103 Å². The highest BCUT2D eigenvalue weighted by Gasteiger charge is 2.21. The molecule has 1 aromatic heterocycles. The number of carbonyl (C=O) groups is 1. The molecule has 0 saturated carbocycles. The molecule has 34 heavy (non-hydrogen) atoms. The molecule has 0 radical (unpaired) electrons. The third kappa shape index (κ3) is 11.2. The fourth-order valence-electron chi connectivity index (χ4n) is 4.67. The van der Waals surface area contributed by atoms with Gasteiger partial charge >= 0.3 is 0 Å². The van der Waals surface area contributed by atoms with Crippen LogP contribution >= 0.6 is 0 Å². The summed E-state index contributed by atoms with van der Waals surface area (Å²) in [6.45, 7) is 9.76. The Hall–Kier alpha value is -1.66. The van der Waals surface area contributed by atoms with E-state index in [4.69, 9.17) is 5.11 Å². The van der Waals surface area contributed by atoms with Gasteiger partial charge < -0.3 is 15.3 Å². The van der Waals surface area contributed by atoms with Crippen LogP contribution in [0.5, 0.6) is 0 Å². The fraction of sp³-hybridized carbons (Fsp3) is 0.786. The van der Waals surface area contributed by atoms with Crippen LogP contribution in [-0.2, 0) is 0 Å². The number of amides is 1. The van der Waals surface area contributed by atoms with Gasteiger partial charge in [-0.1, -0.05) is 71.1 Å². The lowest BCUT2D eigenvalue weighted by atomic mass is 10.1. The molecule has 1 aromatic rings. The number of nitrogens with zero attached hydrogens (tertiary/aromatic N) is 3. The zero-order valence-corrected chi connectivity index (χ0v) is 21.9. The number of pyridine rings is 1. The number of hydrogen-bond acceptors (Lipinski definition) is 5. The number of unbranched alkanes of at least 4 members (excludes halogenated alkanes) is 11. The highest BCUT2D eigenvalue weighted by atomic mass is 16.2. The summed E-state index contributed by atoms with van der Waals surface area (Å²) in [5, 5.41) is 11.8. The predicted octanol–water partition coefficient (Wildman–Crippen LogP) is 5.41. The summed E-state index contributed by atoms with van der Waals surface area (Å²) in [4.78, 5) is 21.8. The van der Waals surface area contributed by atoms with E-state index in [1.165, 1.54) is 70.6 Å². The molecule has 1 aliphatic heterocycles. The van der Waals surface area contributed by atoms with Gasteiger partial charge in [0.05, 0.1) is 5.56 Å². The Kier molecular flexibility index (Phi) is 14.9. The Morgan fingerprint density at radius 3 is 1.97 bits per heavy atom. The molecule has 0 aromatic carbocycles. The SMILES string of the molecule is CCC(C)N1CCN(c2ccc(C(=O)NCCCCCCCCCCCCCCO)cn2)CC1. The quantitative estimate of drug-likeness (QED) is 0.279. The average molecular weight is 475 g/mol. The Morgan fingerprint density at radius 1 is 0.912 bits per heavy atom. The summed E-state index contributed by atoms with van der Waals surface area (Å²) in [6.07, 6.45) is 17.8. The van der Waals surface area contributed by atoms with E-state index in [1.807, 2.05) is 12.1 Å². The lowest BCUT2D eigenvalue weighted by Crippen LogP contribution is -2.49. The van der Waals surface area contributed by atoms with Crippen LogP contribution in [-0.4, -0.2) is 66.3 Å². The molecule has 1 unspecified atom stereocenters. The highest BCUT2D eigenvalue weighted by molar-refractivity contribution is 5.94. The van der Waals surface area contributed by atoms with E-state index in [1.54, 1.807) is 6.20 Å². The molecule has 0 spiro atoms. The number of nitrogens with one attached hydrogen (secondary N) is 1. The second kappa shape index (κ2) is 17.7. The Morgan fingerprint density at radius 2 is 1.47 bits per heavy atom. The molecule has 6 heteroatoms. The van der Waals surface area contributed by atoms with Gasteiger partial charge in [0, 0.05) is 51.6 Å². The first kappa shape index (κ1) is 28.6. The minimum atomic E-state index is -0.0142. The summed E-state index contributed by atoms with van der Waals surface area (Å²) >= 11 is 0. The topological polar surface area (TPSA) is 68.7 Å². The summed E-state index contributed by atoms with van der Waals surface area (Å²) < 4.78 is 0. The number of carbonyl (C=O) groups excluding carboxylic acids is 1. The minimum Gasteiger partial charge on any atom is -0.396 e. The maximum Gasteiger partial charge on any atom is 0.252 e. The van der Waals surface area contributed by atoms with Crippen molar-refractivity contribution in [3.05, 3.63) is 23.9 Å². The van der Waals surface area contributed by atoms with Crippen molar-refractivity contribution in [1.29, 1.82) is 0 Å². The highest BCUT2D eigenvalue weighted by Crippen LogP contribution is 2.16. The smallest absolute Gasteiger partial charge is 0.252 e. The van der Waals surface area contributed by atoms with E-state index in [0.717, 1.165) is 51.4 Å². The van der Waals surface area contributed by atoms with Gasteiger partial charge in [-0.2, -0.15) is 0 Å². The van der Waals surface area contributed by atoms with Gasteiger partial charge in [0.25, 0.3) is 5.91 Å². The lowest BCUT2D eigenvalue weighted by Gasteiger charge is -2.38. The van der Waals surface area contributed by atoms with E-state index >= 15 is 0 Å². The fourth-order valence-corrected chi connectivity index (χ4v) is 4.67. The molecule has 2 heterocycles. The Balaban J connectivity index is 1.49. The number of piperazine rings is 1. The number of anilines is 1. The van der Waals surface area contributed by atoms with Crippen LogP contribution in [0.1, 0.15) is 108 Å². The summed E-state index contributed by atoms with van der Waals surface area (Å²) in [5.74, 6) is 0.960. The van der Waals surface area contributed by atoms with Gasteiger partial charge in [-0.25, -0.2) is 4.98 Å². The van der Waals surface area contributed by atoms with Gasteiger partial charge in [0.2, 0.25) is 0 Å². The standard InChI is InChI=1S/C28H50N4O2/c1-3-25(2)31-19-21-32(22-20-31)27-17-16-26(24-30-27)28(34)29-18-14-12-10-8-6-4-5-7-9-11-13-15-23-33/h16-17,24-25,33H,3-15,18-23H2,1-2H3,(H,29,34). The van der Waals surface area contributed by atoms with Crippen LogP contribution in [0.25, 0.3) is 0 Å². The number of aliphatic hydroxyl groups excluding tert-OH is 1. The second-order valence-electron chi connectivity index (χ2n) is 9.91. The Bertz CT molecular complexity index is 644. The molecular formula is C28H50N4O2. The van der Waals surface area contributed by atoms with Crippen LogP contribution in [0.4, 0.5) is 5.82 Å². The molecule has 194 valence electrons. The van der Waals surface area contributed by atoms with Crippen LogP contribution in [0.15, 0.2) is 18.3 Å². The normalized spacial score (nSPS) is 15.4. The monoisotopic (exact) mass is 474 g/mol. The van der Waals surface area contributed by atoms with Gasteiger partial charge in [0.1, 0.15) is 5.82 Å². The van der Waals surface area contributed by atoms with Crippen LogP contribution in [0.2, 0.25) is 0 Å². The van der Waals surface area contributed by atoms with Gasteiger partial charge in [-0.05, 0) is 38.3 Å². The molecule has 1 fully saturated rings. The largest absolute Gasteiger partial charge is 0.396 e. The number of aliphatic hydroxyl groups is 1. The zero-order chi connectivity index (χ0) is 24.4. The van der Waals surface area contributed by atoms with E-state index in [2.05, 4.69) is 33.9 Å². The van der Waals surface area contributed by atoms with E-state index in [0.29, 0.717) is 18.2 Å². The van der Waals surface area contributed by atoms with Crippen molar-refractivity contribution in [2.24, 2.45) is 0 Å². The van der Waals surface area contributed by atoms with Gasteiger partial charge in [-0.15, -0.1) is 0 Å². The number of rotatable bonds is 18. The molecule has 1 amide bonds. The van der Waals surface area contributed by atoms with Gasteiger partial charge in [-0.3, -0.25) is 9.69 Å². The number of aromatic nitrogens is 1. The summed E-state index contributed by atoms with van der Waals surface area (Å²) in [6, 6.07) is 4.54. The summed E-state index contributed by atoms with van der Waals surface area (Å²) in [5.41, 5.74) is 0.651. The lowest BCUT2D eigenvalue weighted by molar-refractivity contribution is 0.0952.